The lowest BCUT2D eigenvalue weighted by atomic mass is 10.0. The van der Waals surface area contributed by atoms with Crippen LogP contribution in [0.3, 0.4) is 0 Å². The second-order valence-electron chi connectivity index (χ2n) is 10.6. The Morgan fingerprint density at radius 3 is 1.68 bits per heavy atom. The van der Waals surface area contributed by atoms with Crippen molar-refractivity contribution < 1.29 is 33.5 Å². The van der Waals surface area contributed by atoms with E-state index in [9.17, 15) is 33.5 Å². The highest BCUT2D eigenvalue weighted by atomic mass is 19.1. The van der Waals surface area contributed by atoms with Crippen molar-refractivity contribution in [3.63, 3.8) is 0 Å². The Bertz CT molecular complexity index is 707. The number of halogens is 1. The molecule has 0 saturated heterocycles. The third-order valence-corrected chi connectivity index (χ3v) is 7.13. The van der Waals surface area contributed by atoms with Crippen LogP contribution in [0, 0.1) is 0 Å². The lowest BCUT2D eigenvalue weighted by Crippen LogP contribution is -2.41. The summed E-state index contributed by atoms with van der Waals surface area (Å²) in [7, 11) is 1.51. The molecular formula is C30H54FN3O6. The minimum absolute atomic E-state index is 0.00644. The highest BCUT2D eigenvalue weighted by Crippen LogP contribution is 2.14. The maximum absolute atomic E-state index is 12.7. The molecule has 0 aliphatic carbocycles. The minimum atomic E-state index is -1.41. The third-order valence-electron chi connectivity index (χ3n) is 7.13. The van der Waals surface area contributed by atoms with Crippen LogP contribution in [0.4, 0.5) is 4.39 Å². The van der Waals surface area contributed by atoms with Crippen LogP contribution < -0.4 is 16.0 Å². The summed E-state index contributed by atoms with van der Waals surface area (Å²) in [6, 6.07) is -3.34. The molecule has 0 bridgehead atoms. The van der Waals surface area contributed by atoms with E-state index in [0.29, 0.717) is 38.6 Å². The minimum Gasteiger partial charge on any atom is -0.480 e. The van der Waals surface area contributed by atoms with Crippen molar-refractivity contribution in [3.8, 4) is 0 Å². The summed E-state index contributed by atoms with van der Waals surface area (Å²) >= 11 is 0. The summed E-state index contributed by atoms with van der Waals surface area (Å²) in [5.41, 5.74) is 0. The molecule has 0 aromatic rings. The van der Waals surface area contributed by atoms with Crippen molar-refractivity contribution >= 4 is 30.1 Å². The summed E-state index contributed by atoms with van der Waals surface area (Å²) in [6.07, 6.45) is 19.5. The molecule has 2 amide bonds. The van der Waals surface area contributed by atoms with Crippen LogP contribution in [-0.4, -0.2) is 60.9 Å². The van der Waals surface area contributed by atoms with Crippen molar-refractivity contribution in [2.45, 2.75) is 147 Å². The molecule has 10 heteroatoms. The summed E-state index contributed by atoms with van der Waals surface area (Å²) in [5.74, 6) is -1.78. The van der Waals surface area contributed by atoms with Gasteiger partial charge in [-0.3, -0.25) is 14.4 Å². The number of carboxylic acid groups (broad SMARTS) is 1. The number of hydrogen-bond donors (Lipinski definition) is 4. The monoisotopic (exact) mass is 571 g/mol. The molecule has 0 aromatic carbocycles. The predicted molar refractivity (Wildman–Crippen MR) is 155 cm³/mol. The molecule has 2 unspecified atom stereocenters. The molecule has 9 nitrogen and oxygen atoms in total. The molecule has 40 heavy (non-hydrogen) atoms. The van der Waals surface area contributed by atoms with Crippen molar-refractivity contribution in [2.24, 2.45) is 0 Å². The zero-order valence-electron chi connectivity index (χ0n) is 24.7. The molecule has 0 aliphatic rings. The van der Waals surface area contributed by atoms with Crippen LogP contribution in [-0.2, 0) is 24.0 Å². The van der Waals surface area contributed by atoms with E-state index in [-0.39, 0.29) is 31.1 Å². The third kappa shape index (κ3) is 23.5. The van der Waals surface area contributed by atoms with Crippen LogP contribution in [0.1, 0.15) is 135 Å². The Balaban J connectivity index is 3.74. The van der Waals surface area contributed by atoms with Gasteiger partial charge in [0.15, 0.2) is 0 Å². The molecule has 0 fully saturated rings. The van der Waals surface area contributed by atoms with E-state index in [1.54, 1.807) is 0 Å². The first-order valence-electron chi connectivity index (χ1n) is 15.4. The Hall–Kier alpha value is -2.36. The molecule has 0 aromatic heterocycles. The number of amides is 2. The molecule has 0 saturated carbocycles. The van der Waals surface area contributed by atoms with Gasteiger partial charge in [0.25, 0.3) is 0 Å². The van der Waals surface area contributed by atoms with Gasteiger partial charge in [-0.2, -0.15) is 4.39 Å². The SMILES string of the molecule is CNC(CCCCNC(=O)CCC(NC(=O)CCCCCCCCCCCCCCCCC=O)C(=O)O)C(=O)F. The van der Waals surface area contributed by atoms with Crippen LogP contribution >= 0.6 is 0 Å². The van der Waals surface area contributed by atoms with Gasteiger partial charge in [0.05, 0.1) is 6.04 Å². The number of carboxylic acids is 1. The van der Waals surface area contributed by atoms with Gasteiger partial charge in [0.1, 0.15) is 12.3 Å². The average Bonchev–Trinajstić information content (AvgIpc) is 2.92. The maximum atomic E-state index is 12.7. The van der Waals surface area contributed by atoms with Crippen molar-refractivity contribution in [1.82, 2.24) is 16.0 Å². The van der Waals surface area contributed by atoms with Crippen LogP contribution in [0.5, 0.6) is 0 Å². The molecule has 0 heterocycles. The predicted octanol–water partition coefficient (Wildman–Crippen LogP) is 5.15. The first-order valence-corrected chi connectivity index (χ1v) is 15.4. The van der Waals surface area contributed by atoms with Crippen LogP contribution in [0.2, 0.25) is 0 Å². The van der Waals surface area contributed by atoms with Crippen molar-refractivity contribution in [1.29, 1.82) is 0 Å². The largest absolute Gasteiger partial charge is 0.480 e. The molecule has 0 rings (SSSR count). The Kier molecular flexibility index (Phi) is 25.3. The number of aldehydes is 1. The normalized spacial score (nSPS) is 12.4. The van der Waals surface area contributed by atoms with Gasteiger partial charge < -0.3 is 25.9 Å². The number of carbonyl (C=O) groups excluding carboxylic acids is 4. The fourth-order valence-corrected chi connectivity index (χ4v) is 4.59. The number of likely N-dealkylation sites (N-methyl/N-ethyl adjacent to an activating group) is 1. The average molecular weight is 572 g/mol. The smallest absolute Gasteiger partial charge is 0.326 e. The van der Waals surface area contributed by atoms with Gasteiger partial charge in [-0.25, -0.2) is 4.79 Å². The fraction of sp³-hybridized carbons (Fsp3) is 0.833. The molecule has 2 atom stereocenters. The number of hydrogen-bond acceptors (Lipinski definition) is 6. The summed E-state index contributed by atoms with van der Waals surface area (Å²) in [6.45, 7) is 0.352. The van der Waals surface area contributed by atoms with Gasteiger partial charge >= 0.3 is 12.0 Å². The molecule has 0 spiro atoms. The lowest BCUT2D eigenvalue weighted by molar-refractivity contribution is -0.142. The number of aliphatic carboxylic acids is 1. The van der Waals surface area contributed by atoms with Gasteiger partial charge in [0.2, 0.25) is 11.8 Å². The Labute approximate surface area is 240 Å². The van der Waals surface area contributed by atoms with Crippen LogP contribution in [0.15, 0.2) is 0 Å². The summed E-state index contributed by atoms with van der Waals surface area (Å²) < 4.78 is 12.7. The van der Waals surface area contributed by atoms with E-state index >= 15 is 0 Å². The topological polar surface area (TPSA) is 142 Å². The van der Waals surface area contributed by atoms with E-state index in [4.69, 9.17) is 0 Å². The first kappa shape index (κ1) is 37.6. The molecular weight excluding hydrogens is 517 g/mol. The lowest BCUT2D eigenvalue weighted by Gasteiger charge is -2.14. The zero-order valence-corrected chi connectivity index (χ0v) is 24.7. The zero-order chi connectivity index (χ0) is 29.8. The van der Waals surface area contributed by atoms with E-state index in [1.807, 2.05) is 0 Å². The summed E-state index contributed by atoms with van der Waals surface area (Å²) in [5, 5.41) is 17.2. The summed E-state index contributed by atoms with van der Waals surface area (Å²) in [4.78, 5) is 56.7. The molecule has 4 N–H and O–H groups in total. The molecule has 0 aliphatic heterocycles. The molecule has 232 valence electrons. The number of unbranched alkanes of at least 4 members (excludes halogenated alkanes) is 15. The van der Waals surface area contributed by atoms with Gasteiger partial charge in [-0.05, 0) is 45.6 Å². The number of rotatable bonds is 29. The van der Waals surface area contributed by atoms with Gasteiger partial charge in [-0.1, -0.05) is 77.0 Å². The van der Waals surface area contributed by atoms with Crippen LogP contribution in [0.25, 0.3) is 0 Å². The molecule has 0 radical (unpaired) electrons. The van der Waals surface area contributed by atoms with Gasteiger partial charge in [0, 0.05) is 25.8 Å². The van der Waals surface area contributed by atoms with Crippen molar-refractivity contribution in [3.05, 3.63) is 0 Å². The van der Waals surface area contributed by atoms with E-state index < -0.39 is 24.1 Å². The van der Waals surface area contributed by atoms with E-state index in [1.165, 1.54) is 58.4 Å². The Morgan fingerprint density at radius 1 is 0.675 bits per heavy atom. The van der Waals surface area contributed by atoms with E-state index in [2.05, 4.69) is 16.0 Å². The number of nitrogens with one attached hydrogen (secondary N) is 3. The fourth-order valence-electron chi connectivity index (χ4n) is 4.59. The number of carbonyl (C=O) groups is 5. The highest BCUT2D eigenvalue weighted by molar-refractivity contribution is 5.84. The van der Waals surface area contributed by atoms with Gasteiger partial charge in [-0.15, -0.1) is 0 Å². The highest BCUT2D eigenvalue weighted by Gasteiger charge is 2.21. The quantitative estimate of drug-likeness (QED) is 0.0553. The second kappa shape index (κ2) is 26.8. The maximum Gasteiger partial charge on any atom is 0.326 e. The van der Waals surface area contributed by atoms with Crippen molar-refractivity contribution in [2.75, 3.05) is 13.6 Å². The standard InChI is InChI=1S/C30H54FN3O6/c1-32-25(29(31)38)19-16-17-23-33-27(36)22-21-26(30(39)40)34-28(37)20-15-13-11-9-7-5-3-2-4-6-8-10-12-14-18-24-35/h24-26,32H,2-23H2,1H3,(H,33,36)(H,34,37)(H,39,40). The second-order valence-corrected chi connectivity index (χ2v) is 10.6. The first-order chi connectivity index (χ1) is 19.3. The van der Waals surface area contributed by atoms with E-state index in [0.717, 1.165) is 38.4 Å². The Morgan fingerprint density at radius 2 is 1.20 bits per heavy atom.